The number of hydrogen-bond acceptors (Lipinski definition) is 5. The number of likely N-dealkylation sites (N-methyl/N-ethyl adjacent to an activating group) is 1. The predicted octanol–water partition coefficient (Wildman–Crippen LogP) is 4.06. The zero-order valence-electron chi connectivity index (χ0n) is 16.8. The van der Waals surface area contributed by atoms with Crippen LogP contribution in [0.5, 0.6) is 5.75 Å². The first-order valence-electron chi connectivity index (χ1n) is 9.17. The first-order chi connectivity index (χ1) is 14.1. The van der Waals surface area contributed by atoms with Gasteiger partial charge < -0.3 is 9.64 Å². The summed E-state index contributed by atoms with van der Waals surface area (Å²) < 4.78 is 7.44. The average Bonchev–Trinajstić information content (AvgIpc) is 3.14. The van der Waals surface area contributed by atoms with Gasteiger partial charge in [0.05, 0.1) is 12.7 Å². The second-order valence-corrected chi connectivity index (χ2v) is 7.62. The number of ether oxygens (including phenoxy) is 1. The van der Waals surface area contributed by atoms with Gasteiger partial charge in [-0.15, -0.1) is 16.8 Å². The van der Waals surface area contributed by atoms with Crippen molar-refractivity contribution in [3.8, 4) is 17.1 Å². The molecule has 1 amide bonds. The van der Waals surface area contributed by atoms with Crippen LogP contribution in [0.4, 0.5) is 0 Å². The van der Waals surface area contributed by atoms with Gasteiger partial charge in [-0.2, -0.15) is 0 Å². The van der Waals surface area contributed by atoms with Crippen molar-refractivity contribution in [1.82, 2.24) is 19.7 Å². The van der Waals surface area contributed by atoms with Gasteiger partial charge in [-0.05, 0) is 17.7 Å². The number of carbonyl (C=O) groups excluding carboxylic acids is 1. The first kappa shape index (κ1) is 20.7. The molecule has 0 bridgehead atoms. The fourth-order valence-corrected chi connectivity index (χ4v) is 4.12. The maximum Gasteiger partial charge on any atom is 0.240 e. The van der Waals surface area contributed by atoms with E-state index in [0.717, 1.165) is 11.1 Å². The van der Waals surface area contributed by atoms with Crippen molar-refractivity contribution >= 4 is 17.7 Å². The Hall–Kier alpha value is -3.06. The summed E-state index contributed by atoms with van der Waals surface area (Å²) in [5, 5.41) is 9.02. The number of rotatable bonds is 8. The number of hydrogen-bond donors (Lipinski definition) is 0. The van der Waals surface area contributed by atoms with Crippen molar-refractivity contribution in [2.75, 3.05) is 21.2 Å². The molecule has 0 spiro atoms. The number of amides is 1. The summed E-state index contributed by atoms with van der Waals surface area (Å²) in [5.41, 5.74) is 1.76. The SMILES string of the molecule is C=CCn1c(S[C@@H](C(=O)N(C)C)c2ccccc2)nnc1-c1ccccc1OC. The van der Waals surface area contributed by atoms with Gasteiger partial charge in [0.2, 0.25) is 5.91 Å². The van der Waals surface area contributed by atoms with Gasteiger partial charge in [0.15, 0.2) is 11.0 Å². The Morgan fingerprint density at radius 2 is 1.86 bits per heavy atom. The molecule has 0 saturated heterocycles. The monoisotopic (exact) mass is 408 g/mol. The van der Waals surface area contributed by atoms with E-state index >= 15 is 0 Å². The molecular formula is C22H24N4O2S. The molecule has 3 rings (SSSR count). The summed E-state index contributed by atoms with van der Waals surface area (Å²) in [5.74, 6) is 1.38. The number of thioether (sulfide) groups is 1. The van der Waals surface area contributed by atoms with E-state index in [4.69, 9.17) is 4.74 Å². The van der Waals surface area contributed by atoms with Gasteiger partial charge in [-0.1, -0.05) is 60.3 Å². The van der Waals surface area contributed by atoms with Crippen LogP contribution in [0.1, 0.15) is 10.8 Å². The summed E-state index contributed by atoms with van der Waals surface area (Å²) in [4.78, 5) is 14.5. The third-order valence-electron chi connectivity index (χ3n) is 4.37. The fourth-order valence-electron chi connectivity index (χ4n) is 2.93. The average molecular weight is 409 g/mol. The molecule has 7 heteroatoms. The number of carbonyl (C=O) groups is 1. The summed E-state index contributed by atoms with van der Waals surface area (Å²) >= 11 is 1.38. The van der Waals surface area contributed by atoms with Crippen LogP contribution in [0.15, 0.2) is 72.4 Å². The largest absolute Gasteiger partial charge is 0.496 e. The number of aromatic nitrogens is 3. The van der Waals surface area contributed by atoms with Gasteiger partial charge >= 0.3 is 0 Å². The molecule has 2 aromatic carbocycles. The highest BCUT2D eigenvalue weighted by Gasteiger charge is 2.27. The van der Waals surface area contributed by atoms with Crippen molar-refractivity contribution in [2.45, 2.75) is 17.0 Å². The third-order valence-corrected chi connectivity index (χ3v) is 5.59. The second kappa shape index (κ2) is 9.43. The van der Waals surface area contributed by atoms with Crippen LogP contribution in [0.3, 0.4) is 0 Å². The lowest BCUT2D eigenvalue weighted by Gasteiger charge is -2.20. The minimum absolute atomic E-state index is 0.00630. The Labute approximate surface area is 175 Å². The number of allylic oxidation sites excluding steroid dienone is 1. The Morgan fingerprint density at radius 1 is 1.17 bits per heavy atom. The lowest BCUT2D eigenvalue weighted by atomic mass is 10.1. The smallest absolute Gasteiger partial charge is 0.240 e. The van der Waals surface area contributed by atoms with Crippen LogP contribution < -0.4 is 4.74 Å². The second-order valence-electron chi connectivity index (χ2n) is 6.55. The molecule has 0 aliphatic rings. The first-order valence-corrected chi connectivity index (χ1v) is 10.0. The van der Waals surface area contributed by atoms with Crippen LogP contribution in [0, 0.1) is 0 Å². The van der Waals surface area contributed by atoms with Crippen molar-refractivity contribution in [1.29, 1.82) is 0 Å². The fraction of sp³-hybridized carbons (Fsp3) is 0.227. The number of benzene rings is 2. The highest BCUT2D eigenvalue weighted by molar-refractivity contribution is 8.00. The van der Waals surface area contributed by atoms with Gasteiger partial charge in [0.25, 0.3) is 0 Å². The van der Waals surface area contributed by atoms with E-state index in [1.807, 2.05) is 59.2 Å². The van der Waals surface area contributed by atoms with Crippen molar-refractivity contribution < 1.29 is 9.53 Å². The van der Waals surface area contributed by atoms with E-state index in [-0.39, 0.29) is 5.91 Å². The molecule has 1 heterocycles. The van der Waals surface area contributed by atoms with Crippen LogP contribution in [-0.4, -0.2) is 46.8 Å². The Bertz CT molecular complexity index is 985. The summed E-state index contributed by atoms with van der Waals surface area (Å²) in [7, 11) is 5.14. The van der Waals surface area contributed by atoms with Crippen LogP contribution in [0.25, 0.3) is 11.4 Å². The quantitative estimate of drug-likeness (QED) is 0.415. The van der Waals surface area contributed by atoms with Gasteiger partial charge in [0.1, 0.15) is 11.0 Å². The minimum atomic E-state index is -0.426. The van der Waals surface area contributed by atoms with E-state index in [1.165, 1.54) is 11.8 Å². The molecule has 0 aliphatic carbocycles. The number of para-hydroxylation sites is 1. The highest BCUT2D eigenvalue weighted by Crippen LogP contribution is 2.38. The molecule has 0 N–H and O–H groups in total. The molecule has 1 aromatic heterocycles. The topological polar surface area (TPSA) is 60.2 Å². The minimum Gasteiger partial charge on any atom is -0.496 e. The van der Waals surface area contributed by atoms with Gasteiger partial charge in [0, 0.05) is 20.6 Å². The maximum atomic E-state index is 12.9. The molecule has 6 nitrogen and oxygen atoms in total. The normalized spacial score (nSPS) is 11.7. The standard InChI is InChI=1S/C22H24N4O2S/c1-5-15-26-20(17-13-9-10-14-18(17)28-4)23-24-22(26)29-19(21(27)25(2)3)16-11-7-6-8-12-16/h5-14,19H,1,15H2,2-4H3/t19-/m1/s1. The third kappa shape index (κ3) is 4.51. The molecule has 29 heavy (non-hydrogen) atoms. The van der Waals surface area contributed by atoms with E-state index in [0.29, 0.717) is 23.3 Å². The van der Waals surface area contributed by atoms with Crippen LogP contribution in [0.2, 0.25) is 0 Å². The molecule has 0 fully saturated rings. The molecule has 1 atom stereocenters. The number of nitrogens with zero attached hydrogens (tertiary/aromatic N) is 4. The maximum absolute atomic E-state index is 12.9. The van der Waals surface area contributed by atoms with Gasteiger partial charge in [-0.25, -0.2) is 0 Å². The zero-order valence-corrected chi connectivity index (χ0v) is 17.6. The summed E-state index contributed by atoms with van der Waals surface area (Å²) in [6, 6.07) is 17.4. The van der Waals surface area contributed by atoms with Crippen molar-refractivity contribution in [3.05, 3.63) is 72.8 Å². The molecule has 150 valence electrons. The highest BCUT2D eigenvalue weighted by atomic mass is 32.2. The Morgan fingerprint density at radius 3 is 2.52 bits per heavy atom. The van der Waals surface area contributed by atoms with E-state index in [2.05, 4.69) is 16.8 Å². The van der Waals surface area contributed by atoms with Crippen molar-refractivity contribution in [3.63, 3.8) is 0 Å². The van der Waals surface area contributed by atoms with E-state index < -0.39 is 5.25 Å². The number of methoxy groups -OCH3 is 1. The van der Waals surface area contributed by atoms with Crippen LogP contribution in [-0.2, 0) is 11.3 Å². The Kier molecular flexibility index (Phi) is 6.72. The zero-order chi connectivity index (χ0) is 20.8. The van der Waals surface area contributed by atoms with Crippen LogP contribution >= 0.6 is 11.8 Å². The summed E-state index contributed by atoms with van der Waals surface area (Å²) in [6.07, 6.45) is 1.79. The molecular weight excluding hydrogens is 384 g/mol. The lowest BCUT2D eigenvalue weighted by Crippen LogP contribution is -2.27. The van der Waals surface area contributed by atoms with Crippen molar-refractivity contribution in [2.24, 2.45) is 0 Å². The molecule has 0 unspecified atom stereocenters. The molecule has 0 radical (unpaired) electrons. The predicted molar refractivity (Wildman–Crippen MR) is 116 cm³/mol. The summed E-state index contributed by atoms with van der Waals surface area (Å²) in [6.45, 7) is 4.38. The van der Waals surface area contributed by atoms with E-state index in [1.54, 1.807) is 32.2 Å². The molecule has 0 saturated carbocycles. The molecule has 3 aromatic rings. The van der Waals surface area contributed by atoms with Gasteiger partial charge in [-0.3, -0.25) is 9.36 Å². The molecule has 0 aliphatic heterocycles. The lowest BCUT2D eigenvalue weighted by molar-refractivity contribution is -0.128. The Balaban J connectivity index is 2.04. The van der Waals surface area contributed by atoms with E-state index in [9.17, 15) is 4.79 Å².